The lowest BCUT2D eigenvalue weighted by Crippen LogP contribution is -2.38. The van der Waals surface area contributed by atoms with Crippen molar-refractivity contribution in [1.82, 2.24) is 10.3 Å². The van der Waals surface area contributed by atoms with E-state index in [1.54, 1.807) is 6.21 Å². The Labute approximate surface area is 179 Å². The third-order valence-electron chi connectivity index (χ3n) is 4.92. The van der Waals surface area contributed by atoms with Gasteiger partial charge in [-0.1, -0.05) is 53.6 Å². The standard InChI is InChI=1S/C23H22ClN3OS/c1-16-2-4-17(5-3-16)13-25-26-23(28)15-27-11-10-21-19(14-27)12-22(29-21)18-6-8-20(24)9-7-18/h2-9,12-13H,10-11,14-15H2,1H3,(H,26,28). The zero-order chi connectivity index (χ0) is 20.2. The van der Waals surface area contributed by atoms with Crippen molar-refractivity contribution in [3.05, 3.63) is 81.2 Å². The molecule has 1 aliphatic heterocycles. The van der Waals surface area contributed by atoms with Crippen LogP contribution in [0.25, 0.3) is 10.4 Å². The van der Waals surface area contributed by atoms with E-state index in [0.29, 0.717) is 6.54 Å². The summed E-state index contributed by atoms with van der Waals surface area (Å²) in [5.41, 5.74) is 7.29. The smallest absolute Gasteiger partial charge is 0.254 e. The number of halogens is 1. The Balaban J connectivity index is 1.33. The maximum atomic E-state index is 12.2. The summed E-state index contributed by atoms with van der Waals surface area (Å²) in [5, 5.41) is 4.82. The third kappa shape index (κ3) is 5.12. The number of aryl methyl sites for hydroxylation is 1. The lowest BCUT2D eigenvalue weighted by molar-refractivity contribution is -0.122. The van der Waals surface area contributed by atoms with Crippen LogP contribution in [0.3, 0.4) is 0 Å². The maximum Gasteiger partial charge on any atom is 0.254 e. The quantitative estimate of drug-likeness (QED) is 0.469. The summed E-state index contributed by atoms with van der Waals surface area (Å²) in [6.45, 7) is 4.05. The van der Waals surface area contributed by atoms with Crippen LogP contribution in [-0.2, 0) is 17.8 Å². The van der Waals surface area contributed by atoms with Gasteiger partial charge in [0.15, 0.2) is 0 Å². The molecular weight excluding hydrogens is 402 g/mol. The average Bonchev–Trinajstić information content (AvgIpc) is 3.13. The third-order valence-corrected chi connectivity index (χ3v) is 6.46. The Bertz CT molecular complexity index is 1030. The first-order valence-corrected chi connectivity index (χ1v) is 10.7. The number of carbonyl (C=O) groups excluding carboxylic acids is 1. The minimum atomic E-state index is -0.0926. The summed E-state index contributed by atoms with van der Waals surface area (Å²) in [5.74, 6) is -0.0926. The number of hydrogen-bond donors (Lipinski definition) is 1. The van der Waals surface area contributed by atoms with Gasteiger partial charge in [0.1, 0.15) is 0 Å². The van der Waals surface area contributed by atoms with Crippen molar-refractivity contribution in [3.63, 3.8) is 0 Å². The van der Waals surface area contributed by atoms with Gasteiger partial charge in [0.25, 0.3) is 5.91 Å². The number of amides is 1. The lowest BCUT2D eigenvalue weighted by atomic mass is 10.1. The largest absolute Gasteiger partial charge is 0.290 e. The van der Waals surface area contributed by atoms with E-state index < -0.39 is 0 Å². The summed E-state index contributed by atoms with van der Waals surface area (Å²) in [4.78, 5) is 17.1. The van der Waals surface area contributed by atoms with Crippen LogP contribution < -0.4 is 5.43 Å². The lowest BCUT2D eigenvalue weighted by Gasteiger charge is -2.25. The van der Waals surface area contributed by atoms with Crippen molar-refractivity contribution >= 4 is 35.1 Å². The molecule has 0 bridgehead atoms. The average molecular weight is 424 g/mol. The second kappa shape index (κ2) is 8.91. The molecule has 0 saturated heterocycles. The monoisotopic (exact) mass is 423 g/mol. The van der Waals surface area contributed by atoms with E-state index in [1.807, 2.05) is 54.7 Å². The molecule has 0 radical (unpaired) electrons. The maximum absolute atomic E-state index is 12.2. The van der Waals surface area contributed by atoms with Crippen LogP contribution in [0.15, 0.2) is 59.7 Å². The Kier molecular flexibility index (Phi) is 6.09. The van der Waals surface area contributed by atoms with Gasteiger partial charge in [-0.3, -0.25) is 9.69 Å². The van der Waals surface area contributed by atoms with E-state index in [1.165, 1.54) is 26.4 Å². The van der Waals surface area contributed by atoms with Crippen LogP contribution in [0.2, 0.25) is 5.02 Å². The first-order valence-electron chi connectivity index (χ1n) is 9.55. The summed E-state index contributed by atoms with van der Waals surface area (Å²) >= 11 is 7.83. The van der Waals surface area contributed by atoms with Gasteiger partial charge in [-0.15, -0.1) is 11.3 Å². The molecule has 1 N–H and O–H groups in total. The number of carbonyl (C=O) groups is 1. The van der Waals surface area contributed by atoms with Crippen molar-refractivity contribution in [3.8, 4) is 10.4 Å². The second-order valence-corrected chi connectivity index (χ2v) is 8.80. The molecule has 1 amide bonds. The fourth-order valence-corrected chi connectivity index (χ4v) is 4.65. The van der Waals surface area contributed by atoms with Gasteiger partial charge >= 0.3 is 0 Å². The molecule has 0 atom stereocenters. The summed E-state index contributed by atoms with van der Waals surface area (Å²) in [7, 11) is 0. The first-order chi connectivity index (χ1) is 14.1. The van der Waals surface area contributed by atoms with Crippen LogP contribution in [0.4, 0.5) is 0 Å². The molecule has 0 unspecified atom stereocenters. The normalized spacial score (nSPS) is 14.1. The molecule has 1 aliphatic rings. The van der Waals surface area contributed by atoms with Gasteiger partial charge in [0.2, 0.25) is 0 Å². The molecule has 4 nitrogen and oxygen atoms in total. The van der Waals surface area contributed by atoms with Gasteiger partial charge in [0, 0.05) is 27.9 Å². The minimum Gasteiger partial charge on any atom is -0.290 e. The Morgan fingerprint density at radius 1 is 1.21 bits per heavy atom. The van der Waals surface area contributed by atoms with E-state index in [0.717, 1.165) is 30.1 Å². The van der Waals surface area contributed by atoms with Gasteiger partial charge in [0.05, 0.1) is 12.8 Å². The molecule has 29 heavy (non-hydrogen) atoms. The van der Waals surface area contributed by atoms with Crippen molar-refractivity contribution in [2.24, 2.45) is 5.10 Å². The number of nitrogens with one attached hydrogen (secondary N) is 1. The topological polar surface area (TPSA) is 44.7 Å². The molecule has 2 heterocycles. The highest BCUT2D eigenvalue weighted by Crippen LogP contribution is 2.35. The molecule has 3 aromatic rings. The van der Waals surface area contributed by atoms with Gasteiger partial charge in [-0.05, 0) is 48.2 Å². The Morgan fingerprint density at radius 3 is 2.72 bits per heavy atom. The van der Waals surface area contributed by atoms with E-state index in [-0.39, 0.29) is 5.91 Å². The summed E-state index contributed by atoms with van der Waals surface area (Å²) in [6.07, 6.45) is 2.64. The molecule has 4 rings (SSSR count). The minimum absolute atomic E-state index is 0.0926. The zero-order valence-electron chi connectivity index (χ0n) is 16.2. The second-order valence-electron chi connectivity index (χ2n) is 7.23. The predicted molar refractivity (Wildman–Crippen MR) is 121 cm³/mol. The van der Waals surface area contributed by atoms with E-state index >= 15 is 0 Å². The molecule has 6 heteroatoms. The zero-order valence-corrected chi connectivity index (χ0v) is 17.8. The fourth-order valence-electron chi connectivity index (χ4n) is 3.35. The number of thiophene rings is 1. The number of hydrogen-bond acceptors (Lipinski definition) is 4. The molecular formula is C23H22ClN3OS. The molecule has 1 aromatic heterocycles. The van der Waals surface area contributed by atoms with Crippen molar-refractivity contribution < 1.29 is 4.79 Å². The van der Waals surface area contributed by atoms with Crippen molar-refractivity contribution in [2.75, 3.05) is 13.1 Å². The molecule has 0 saturated carbocycles. The van der Waals surface area contributed by atoms with Gasteiger partial charge in [-0.2, -0.15) is 5.10 Å². The Morgan fingerprint density at radius 2 is 1.97 bits per heavy atom. The summed E-state index contributed by atoms with van der Waals surface area (Å²) < 4.78 is 0. The highest BCUT2D eigenvalue weighted by atomic mass is 35.5. The first kappa shape index (κ1) is 19.8. The van der Waals surface area contributed by atoms with Crippen LogP contribution in [0.5, 0.6) is 0 Å². The predicted octanol–water partition coefficient (Wildman–Crippen LogP) is 4.89. The molecule has 0 spiro atoms. The van der Waals surface area contributed by atoms with E-state index in [2.05, 4.69) is 33.6 Å². The summed E-state index contributed by atoms with van der Waals surface area (Å²) in [6, 6.07) is 18.2. The highest BCUT2D eigenvalue weighted by Gasteiger charge is 2.21. The van der Waals surface area contributed by atoms with Gasteiger partial charge in [-0.25, -0.2) is 5.43 Å². The van der Waals surface area contributed by atoms with Crippen LogP contribution in [0.1, 0.15) is 21.6 Å². The van der Waals surface area contributed by atoms with Crippen molar-refractivity contribution in [1.29, 1.82) is 0 Å². The van der Waals surface area contributed by atoms with Crippen LogP contribution >= 0.6 is 22.9 Å². The molecule has 0 fully saturated rings. The van der Waals surface area contributed by atoms with Crippen LogP contribution in [-0.4, -0.2) is 30.1 Å². The molecule has 2 aromatic carbocycles. The number of fused-ring (bicyclic) bond motifs is 1. The fraction of sp³-hybridized carbons (Fsp3) is 0.217. The van der Waals surface area contributed by atoms with E-state index in [9.17, 15) is 4.79 Å². The Hall–Kier alpha value is -2.47. The number of benzene rings is 2. The van der Waals surface area contributed by atoms with Crippen LogP contribution in [0, 0.1) is 6.92 Å². The molecule has 148 valence electrons. The SMILES string of the molecule is Cc1ccc(C=NNC(=O)CN2CCc3sc(-c4ccc(Cl)cc4)cc3C2)cc1. The highest BCUT2D eigenvalue weighted by molar-refractivity contribution is 7.15. The number of nitrogens with zero attached hydrogens (tertiary/aromatic N) is 2. The molecule has 0 aliphatic carbocycles. The van der Waals surface area contributed by atoms with E-state index in [4.69, 9.17) is 11.6 Å². The number of hydrazone groups is 1. The van der Waals surface area contributed by atoms with Crippen molar-refractivity contribution in [2.45, 2.75) is 19.9 Å². The number of rotatable bonds is 5. The van der Waals surface area contributed by atoms with Gasteiger partial charge < -0.3 is 0 Å².